The molecule has 1 aromatic rings. The van der Waals surface area contributed by atoms with Crippen LogP contribution in [0.3, 0.4) is 0 Å². The maximum atomic E-state index is 11.5. The molecule has 0 aromatic heterocycles. The number of ether oxygens (including phenoxy) is 1. The Kier molecular flexibility index (Phi) is 3.92. The molecule has 1 atom stereocenters. The van der Waals surface area contributed by atoms with E-state index in [-0.39, 0.29) is 12.1 Å². The van der Waals surface area contributed by atoms with E-state index >= 15 is 0 Å². The van der Waals surface area contributed by atoms with E-state index in [1.165, 1.54) is 0 Å². The topological polar surface area (TPSA) is 26.3 Å². The predicted molar refractivity (Wildman–Crippen MR) is 56.1 cm³/mol. The van der Waals surface area contributed by atoms with Crippen LogP contribution in [0.5, 0.6) is 0 Å². The van der Waals surface area contributed by atoms with Gasteiger partial charge in [-0.1, -0.05) is 24.3 Å². The highest BCUT2D eigenvalue weighted by Crippen LogP contribution is 2.04. The highest BCUT2D eigenvalue weighted by Gasteiger charge is 2.08. The SMILES string of the molecule is CC=CC(C)OC(=O)c1ccccc1. The molecule has 0 aliphatic rings. The van der Waals surface area contributed by atoms with E-state index in [0.29, 0.717) is 5.56 Å². The van der Waals surface area contributed by atoms with E-state index < -0.39 is 0 Å². The van der Waals surface area contributed by atoms with Crippen LogP contribution in [0.25, 0.3) is 0 Å². The minimum atomic E-state index is -0.281. The number of rotatable bonds is 3. The average molecular weight is 190 g/mol. The summed E-state index contributed by atoms with van der Waals surface area (Å²) in [5, 5.41) is 0. The van der Waals surface area contributed by atoms with Crippen molar-refractivity contribution in [3.63, 3.8) is 0 Å². The molecule has 0 aliphatic carbocycles. The van der Waals surface area contributed by atoms with E-state index in [4.69, 9.17) is 4.74 Å². The van der Waals surface area contributed by atoms with Gasteiger partial charge in [-0.05, 0) is 32.1 Å². The molecule has 1 unspecified atom stereocenters. The monoisotopic (exact) mass is 190 g/mol. The van der Waals surface area contributed by atoms with E-state index in [0.717, 1.165) is 0 Å². The van der Waals surface area contributed by atoms with Crippen LogP contribution in [0.2, 0.25) is 0 Å². The Morgan fingerprint density at radius 2 is 2.00 bits per heavy atom. The average Bonchev–Trinajstić information content (AvgIpc) is 2.19. The number of hydrogen-bond donors (Lipinski definition) is 0. The van der Waals surface area contributed by atoms with Gasteiger partial charge in [0.2, 0.25) is 0 Å². The Labute approximate surface area is 84.2 Å². The third-order valence-electron chi connectivity index (χ3n) is 1.77. The van der Waals surface area contributed by atoms with Gasteiger partial charge in [-0.2, -0.15) is 0 Å². The lowest BCUT2D eigenvalue weighted by Crippen LogP contribution is -2.12. The first-order valence-corrected chi connectivity index (χ1v) is 4.63. The van der Waals surface area contributed by atoms with Crippen molar-refractivity contribution in [2.75, 3.05) is 0 Å². The van der Waals surface area contributed by atoms with Gasteiger partial charge in [-0.3, -0.25) is 0 Å². The van der Waals surface area contributed by atoms with E-state index in [2.05, 4.69) is 0 Å². The summed E-state index contributed by atoms with van der Waals surface area (Å²) < 4.78 is 5.15. The van der Waals surface area contributed by atoms with Crippen molar-refractivity contribution < 1.29 is 9.53 Å². The van der Waals surface area contributed by atoms with Crippen molar-refractivity contribution in [2.24, 2.45) is 0 Å². The highest BCUT2D eigenvalue weighted by atomic mass is 16.5. The molecule has 0 saturated carbocycles. The van der Waals surface area contributed by atoms with Crippen molar-refractivity contribution in [2.45, 2.75) is 20.0 Å². The van der Waals surface area contributed by atoms with Crippen molar-refractivity contribution in [3.05, 3.63) is 48.0 Å². The molecule has 0 N–H and O–H groups in total. The lowest BCUT2D eigenvalue weighted by Gasteiger charge is -2.08. The summed E-state index contributed by atoms with van der Waals surface area (Å²) in [6.45, 7) is 3.73. The van der Waals surface area contributed by atoms with Crippen LogP contribution < -0.4 is 0 Å². The number of allylic oxidation sites excluding steroid dienone is 1. The summed E-state index contributed by atoms with van der Waals surface area (Å²) >= 11 is 0. The summed E-state index contributed by atoms with van der Waals surface area (Å²) in [4.78, 5) is 11.5. The van der Waals surface area contributed by atoms with Gasteiger partial charge in [0.15, 0.2) is 0 Å². The van der Waals surface area contributed by atoms with Gasteiger partial charge >= 0.3 is 5.97 Å². The zero-order valence-electron chi connectivity index (χ0n) is 8.44. The summed E-state index contributed by atoms with van der Waals surface area (Å²) in [5.41, 5.74) is 0.587. The fourth-order valence-corrected chi connectivity index (χ4v) is 1.12. The second-order valence-electron chi connectivity index (χ2n) is 3.00. The van der Waals surface area contributed by atoms with E-state index in [1.807, 2.05) is 44.2 Å². The maximum absolute atomic E-state index is 11.5. The molecule has 74 valence electrons. The molecule has 0 saturated heterocycles. The van der Waals surface area contributed by atoms with Crippen LogP contribution in [-0.4, -0.2) is 12.1 Å². The van der Waals surface area contributed by atoms with Crippen molar-refractivity contribution in [3.8, 4) is 0 Å². The van der Waals surface area contributed by atoms with Crippen molar-refractivity contribution >= 4 is 5.97 Å². The Bertz CT molecular complexity index is 314. The Balaban J connectivity index is 2.59. The third kappa shape index (κ3) is 3.05. The number of benzene rings is 1. The van der Waals surface area contributed by atoms with Crippen LogP contribution >= 0.6 is 0 Å². The maximum Gasteiger partial charge on any atom is 0.338 e. The number of carbonyl (C=O) groups excluding carboxylic acids is 1. The van der Waals surface area contributed by atoms with Gasteiger partial charge in [-0.25, -0.2) is 4.79 Å². The second-order valence-corrected chi connectivity index (χ2v) is 3.00. The van der Waals surface area contributed by atoms with Gasteiger partial charge in [0.25, 0.3) is 0 Å². The lowest BCUT2D eigenvalue weighted by molar-refractivity contribution is 0.0424. The van der Waals surface area contributed by atoms with E-state index in [9.17, 15) is 4.79 Å². The first kappa shape index (κ1) is 10.5. The Hall–Kier alpha value is -1.57. The third-order valence-corrected chi connectivity index (χ3v) is 1.77. The lowest BCUT2D eigenvalue weighted by atomic mass is 10.2. The van der Waals surface area contributed by atoms with Crippen LogP contribution in [-0.2, 0) is 4.74 Å². The fraction of sp³-hybridized carbons (Fsp3) is 0.250. The molecule has 2 heteroatoms. The van der Waals surface area contributed by atoms with Crippen LogP contribution in [0, 0.1) is 0 Å². The molecule has 2 nitrogen and oxygen atoms in total. The summed E-state index contributed by atoms with van der Waals surface area (Å²) in [6, 6.07) is 8.98. The number of carbonyl (C=O) groups is 1. The molecule has 0 amide bonds. The van der Waals surface area contributed by atoms with Gasteiger partial charge < -0.3 is 4.74 Å². The molecule has 0 spiro atoms. The highest BCUT2D eigenvalue weighted by molar-refractivity contribution is 5.89. The fourth-order valence-electron chi connectivity index (χ4n) is 1.12. The smallest absolute Gasteiger partial charge is 0.338 e. The predicted octanol–water partition coefficient (Wildman–Crippen LogP) is 2.81. The van der Waals surface area contributed by atoms with Gasteiger partial charge in [0, 0.05) is 0 Å². The summed E-state index contributed by atoms with van der Waals surface area (Å²) in [7, 11) is 0. The molecular weight excluding hydrogens is 176 g/mol. The molecule has 1 aromatic carbocycles. The molecule has 0 aliphatic heterocycles. The summed E-state index contributed by atoms with van der Waals surface area (Å²) in [6.07, 6.45) is 3.52. The molecule has 1 rings (SSSR count). The second kappa shape index (κ2) is 5.22. The minimum Gasteiger partial charge on any atom is -0.455 e. The molecule has 0 bridgehead atoms. The minimum absolute atomic E-state index is 0.173. The Morgan fingerprint density at radius 1 is 1.36 bits per heavy atom. The normalized spacial score (nSPS) is 12.7. The molecular formula is C12H14O2. The van der Waals surface area contributed by atoms with Gasteiger partial charge in [0.05, 0.1) is 5.56 Å². The number of hydrogen-bond acceptors (Lipinski definition) is 2. The van der Waals surface area contributed by atoms with Crippen molar-refractivity contribution in [1.82, 2.24) is 0 Å². The summed E-state index contributed by atoms with van der Waals surface area (Å²) in [5.74, 6) is -0.281. The molecule has 0 radical (unpaired) electrons. The molecule has 0 fully saturated rings. The first-order chi connectivity index (χ1) is 6.74. The van der Waals surface area contributed by atoms with E-state index in [1.54, 1.807) is 12.1 Å². The Morgan fingerprint density at radius 3 is 2.57 bits per heavy atom. The first-order valence-electron chi connectivity index (χ1n) is 4.63. The quantitative estimate of drug-likeness (QED) is 0.541. The standard InChI is InChI=1S/C12H14O2/c1-3-7-10(2)14-12(13)11-8-5-4-6-9-11/h3-10H,1-2H3. The zero-order chi connectivity index (χ0) is 10.4. The van der Waals surface area contributed by atoms with Gasteiger partial charge in [0.1, 0.15) is 6.10 Å². The van der Waals surface area contributed by atoms with Crippen LogP contribution in [0.15, 0.2) is 42.5 Å². The van der Waals surface area contributed by atoms with Gasteiger partial charge in [-0.15, -0.1) is 0 Å². The zero-order valence-corrected chi connectivity index (χ0v) is 8.44. The van der Waals surface area contributed by atoms with Crippen LogP contribution in [0.4, 0.5) is 0 Å². The number of esters is 1. The van der Waals surface area contributed by atoms with Crippen LogP contribution in [0.1, 0.15) is 24.2 Å². The largest absolute Gasteiger partial charge is 0.455 e. The molecule has 0 heterocycles. The van der Waals surface area contributed by atoms with Crippen molar-refractivity contribution in [1.29, 1.82) is 0 Å². The molecule has 14 heavy (non-hydrogen) atoms.